The first-order chi connectivity index (χ1) is 11.6. The maximum Gasteiger partial charge on any atom is 0.0670 e. The van der Waals surface area contributed by atoms with Gasteiger partial charge >= 0.3 is 0 Å². The minimum absolute atomic E-state index is 0.251. The van der Waals surface area contributed by atoms with E-state index in [2.05, 4.69) is 28.9 Å². The summed E-state index contributed by atoms with van der Waals surface area (Å²) in [5, 5.41) is 2.12. The second-order valence-electron chi connectivity index (χ2n) is 6.16. The number of benzene rings is 2. The van der Waals surface area contributed by atoms with Crippen LogP contribution in [0.1, 0.15) is 24.9 Å². The fraction of sp³-hybridized carbons (Fsp3) is 0.368. The van der Waals surface area contributed by atoms with Crippen molar-refractivity contribution < 1.29 is 0 Å². The van der Waals surface area contributed by atoms with Gasteiger partial charge in [0.2, 0.25) is 0 Å². The fourth-order valence-electron chi connectivity index (χ4n) is 3.33. The predicted molar refractivity (Wildman–Crippen MR) is 105 cm³/mol. The Bertz CT molecular complexity index is 688. The van der Waals surface area contributed by atoms with Gasteiger partial charge in [0.1, 0.15) is 0 Å². The lowest BCUT2D eigenvalue weighted by Gasteiger charge is -2.43. The molecule has 1 heterocycles. The van der Waals surface area contributed by atoms with Gasteiger partial charge in [0.25, 0.3) is 0 Å². The molecule has 1 aliphatic heterocycles. The van der Waals surface area contributed by atoms with Crippen LogP contribution in [0, 0.1) is 0 Å². The van der Waals surface area contributed by atoms with Gasteiger partial charge in [-0.3, -0.25) is 4.90 Å². The fourth-order valence-corrected chi connectivity index (χ4v) is 3.97. The summed E-state index contributed by atoms with van der Waals surface area (Å²) >= 11 is 18.6. The van der Waals surface area contributed by atoms with Crippen molar-refractivity contribution in [3.63, 3.8) is 0 Å². The lowest BCUT2D eigenvalue weighted by atomic mass is 10.0. The molecular formula is C19H21Cl3N2. The quantitative estimate of drug-likeness (QED) is 0.646. The van der Waals surface area contributed by atoms with E-state index in [9.17, 15) is 0 Å². The van der Waals surface area contributed by atoms with Crippen LogP contribution >= 0.6 is 34.8 Å². The van der Waals surface area contributed by atoms with E-state index in [4.69, 9.17) is 34.8 Å². The third kappa shape index (κ3) is 4.00. The lowest BCUT2D eigenvalue weighted by Crippen LogP contribution is -2.48. The molecular weight excluding hydrogens is 363 g/mol. The average Bonchev–Trinajstić information content (AvgIpc) is 2.56. The summed E-state index contributed by atoms with van der Waals surface area (Å²) in [6, 6.07) is 14.1. The van der Waals surface area contributed by atoms with Crippen LogP contribution in [0.5, 0.6) is 0 Å². The van der Waals surface area contributed by atoms with Crippen molar-refractivity contribution >= 4 is 40.5 Å². The standard InChI is InChI=1S/C19H21Cl3N2/c1-2-9-23-10-11-24(18-8-7-16(21)12-17(18)22)19(13-23)14-3-5-15(20)6-4-14/h3-8,12,19H,2,9-11,13H2,1H3/t19-/m0/s1. The normalized spacial score (nSPS) is 18.8. The van der Waals surface area contributed by atoms with Gasteiger partial charge in [0.05, 0.1) is 16.8 Å². The van der Waals surface area contributed by atoms with Crippen molar-refractivity contribution in [3.8, 4) is 0 Å². The van der Waals surface area contributed by atoms with E-state index >= 15 is 0 Å². The largest absolute Gasteiger partial charge is 0.361 e. The van der Waals surface area contributed by atoms with Crippen molar-refractivity contribution in [2.45, 2.75) is 19.4 Å². The van der Waals surface area contributed by atoms with Crippen LogP contribution < -0.4 is 4.90 Å². The van der Waals surface area contributed by atoms with Gasteiger partial charge in [0, 0.05) is 29.7 Å². The molecule has 0 aromatic heterocycles. The van der Waals surface area contributed by atoms with E-state index in [-0.39, 0.29) is 6.04 Å². The second kappa shape index (κ2) is 7.97. The molecule has 0 spiro atoms. The molecule has 1 fully saturated rings. The molecule has 2 aromatic rings. The summed E-state index contributed by atoms with van der Waals surface area (Å²) in [6.45, 7) is 6.30. The number of halogens is 3. The molecule has 5 heteroatoms. The summed E-state index contributed by atoms with van der Waals surface area (Å²) in [5.41, 5.74) is 2.29. The van der Waals surface area contributed by atoms with Crippen LogP contribution in [0.3, 0.4) is 0 Å². The zero-order chi connectivity index (χ0) is 17.1. The first-order valence-corrected chi connectivity index (χ1v) is 9.41. The minimum Gasteiger partial charge on any atom is -0.361 e. The summed E-state index contributed by atoms with van der Waals surface area (Å²) < 4.78 is 0. The van der Waals surface area contributed by atoms with E-state index in [0.717, 1.165) is 43.3 Å². The smallest absolute Gasteiger partial charge is 0.0670 e. The van der Waals surface area contributed by atoms with Gasteiger partial charge < -0.3 is 4.90 Å². The Morgan fingerprint density at radius 3 is 2.33 bits per heavy atom. The Hall–Kier alpha value is -0.930. The molecule has 0 amide bonds. The van der Waals surface area contributed by atoms with Crippen LogP contribution in [0.15, 0.2) is 42.5 Å². The van der Waals surface area contributed by atoms with Gasteiger partial charge in [-0.2, -0.15) is 0 Å². The molecule has 128 valence electrons. The van der Waals surface area contributed by atoms with Crippen LogP contribution in [0.2, 0.25) is 15.1 Å². The van der Waals surface area contributed by atoms with Crippen molar-refractivity contribution in [1.29, 1.82) is 0 Å². The maximum atomic E-state index is 6.48. The van der Waals surface area contributed by atoms with E-state index in [1.54, 1.807) is 0 Å². The number of piperazine rings is 1. The van der Waals surface area contributed by atoms with Crippen LogP contribution in [0.25, 0.3) is 0 Å². The molecule has 0 radical (unpaired) electrons. The van der Waals surface area contributed by atoms with Crippen LogP contribution in [-0.4, -0.2) is 31.1 Å². The summed E-state index contributed by atoms with van der Waals surface area (Å²) in [4.78, 5) is 4.90. The highest BCUT2D eigenvalue weighted by Crippen LogP contribution is 2.36. The zero-order valence-corrected chi connectivity index (χ0v) is 16.0. The highest BCUT2D eigenvalue weighted by Gasteiger charge is 2.29. The Kier molecular flexibility index (Phi) is 5.93. The first kappa shape index (κ1) is 17.9. The Labute approximate surface area is 158 Å². The average molecular weight is 384 g/mol. The number of nitrogens with zero attached hydrogens (tertiary/aromatic N) is 2. The van der Waals surface area contributed by atoms with Crippen molar-refractivity contribution in [3.05, 3.63) is 63.1 Å². The minimum atomic E-state index is 0.251. The molecule has 0 unspecified atom stereocenters. The topological polar surface area (TPSA) is 6.48 Å². The van der Waals surface area contributed by atoms with Crippen LogP contribution in [-0.2, 0) is 0 Å². The number of anilines is 1. The molecule has 2 nitrogen and oxygen atoms in total. The molecule has 1 saturated heterocycles. The Balaban J connectivity index is 1.94. The van der Waals surface area contributed by atoms with Crippen molar-refractivity contribution in [2.24, 2.45) is 0 Å². The molecule has 1 aliphatic rings. The van der Waals surface area contributed by atoms with Crippen LogP contribution in [0.4, 0.5) is 5.69 Å². The van der Waals surface area contributed by atoms with Gasteiger partial charge in [-0.15, -0.1) is 0 Å². The van der Waals surface area contributed by atoms with Gasteiger partial charge in [-0.05, 0) is 48.9 Å². The van der Waals surface area contributed by atoms with E-state index in [0.29, 0.717) is 10.0 Å². The molecule has 1 atom stereocenters. The van der Waals surface area contributed by atoms with Crippen molar-refractivity contribution in [2.75, 3.05) is 31.1 Å². The molecule has 2 aromatic carbocycles. The Morgan fingerprint density at radius 1 is 0.958 bits per heavy atom. The molecule has 0 aliphatic carbocycles. The second-order valence-corrected chi connectivity index (χ2v) is 7.44. The first-order valence-electron chi connectivity index (χ1n) is 8.28. The lowest BCUT2D eigenvalue weighted by molar-refractivity contribution is 0.224. The number of hydrogen-bond acceptors (Lipinski definition) is 2. The van der Waals surface area contributed by atoms with E-state index in [1.165, 1.54) is 5.56 Å². The predicted octanol–water partition coefficient (Wildman–Crippen LogP) is 5.92. The maximum absolute atomic E-state index is 6.48. The highest BCUT2D eigenvalue weighted by atomic mass is 35.5. The van der Waals surface area contributed by atoms with Gasteiger partial charge in [-0.25, -0.2) is 0 Å². The highest BCUT2D eigenvalue weighted by molar-refractivity contribution is 6.36. The summed E-state index contributed by atoms with van der Waals surface area (Å²) in [5.74, 6) is 0. The van der Waals surface area contributed by atoms with Gasteiger partial charge in [-0.1, -0.05) is 53.9 Å². The summed E-state index contributed by atoms with van der Waals surface area (Å²) in [7, 11) is 0. The third-order valence-electron chi connectivity index (χ3n) is 4.48. The molecule has 0 N–H and O–H groups in total. The molecule has 3 rings (SSSR count). The Morgan fingerprint density at radius 2 is 1.67 bits per heavy atom. The third-order valence-corrected chi connectivity index (χ3v) is 5.27. The van der Waals surface area contributed by atoms with E-state index in [1.807, 2.05) is 30.3 Å². The monoisotopic (exact) mass is 382 g/mol. The number of hydrogen-bond donors (Lipinski definition) is 0. The SMILES string of the molecule is CCCN1CCN(c2ccc(Cl)cc2Cl)[C@H](c2ccc(Cl)cc2)C1. The van der Waals surface area contributed by atoms with Crippen molar-refractivity contribution in [1.82, 2.24) is 4.90 Å². The summed E-state index contributed by atoms with van der Waals surface area (Å²) in [6.07, 6.45) is 1.16. The molecule has 0 saturated carbocycles. The zero-order valence-electron chi connectivity index (χ0n) is 13.7. The van der Waals surface area contributed by atoms with E-state index < -0.39 is 0 Å². The molecule has 24 heavy (non-hydrogen) atoms. The molecule has 0 bridgehead atoms. The number of rotatable bonds is 4. The van der Waals surface area contributed by atoms with Gasteiger partial charge in [0.15, 0.2) is 0 Å².